The highest BCUT2D eigenvalue weighted by Crippen LogP contribution is 2.46. The van der Waals surface area contributed by atoms with Gasteiger partial charge in [-0.2, -0.15) is 0 Å². The summed E-state index contributed by atoms with van der Waals surface area (Å²) < 4.78 is 21.8. The molecule has 0 bridgehead atoms. The summed E-state index contributed by atoms with van der Waals surface area (Å²) in [5.74, 6) is 0. The highest BCUT2D eigenvalue weighted by molar-refractivity contribution is 7.76. The van der Waals surface area contributed by atoms with Crippen LogP contribution in [0.2, 0.25) is 0 Å². The van der Waals surface area contributed by atoms with Gasteiger partial charge in [0, 0.05) is 13.1 Å². The minimum Gasteiger partial charge on any atom is -0.294 e. The largest absolute Gasteiger partial charge is 0.294 e. The zero-order valence-electron chi connectivity index (χ0n) is 9.76. The van der Waals surface area contributed by atoms with Crippen LogP contribution in [0, 0.1) is 0 Å². The van der Waals surface area contributed by atoms with Crippen molar-refractivity contribution in [3.63, 3.8) is 0 Å². The normalized spacial score (nSPS) is 24.8. The first-order chi connectivity index (χ1) is 8.21. The Morgan fingerprint density at radius 2 is 1.88 bits per heavy atom. The molecule has 1 N–H and O–H groups in total. The van der Waals surface area contributed by atoms with Gasteiger partial charge in [-0.3, -0.25) is 4.55 Å². The Kier molecular flexibility index (Phi) is 2.81. The summed E-state index contributed by atoms with van der Waals surface area (Å²) in [5, 5.41) is 0. The molecule has 2 aliphatic rings. The van der Waals surface area contributed by atoms with E-state index in [1.54, 1.807) is 4.31 Å². The fourth-order valence-electron chi connectivity index (χ4n) is 3.35. The van der Waals surface area contributed by atoms with Crippen LogP contribution < -0.4 is 0 Å². The second kappa shape index (κ2) is 4.19. The predicted octanol–water partition coefficient (Wildman–Crippen LogP) is 2.10. The van der Waals surface area contributed by atoms with Crippen LogP contribution in [0.5, 0.6) is 0 Å². The van der Waals surface area contributed by atoms with E-state index in [0.29, 0.717) is 0 Å². The number of rotatable bonds is 1. The molecular formula is C13H17NO2S. The Balaban J connectivity index is 1.85. The Hall–Kier alpha value is -0.710. The molecule has 0 saturated carbocycles. The van der Waals surface area contributed by atoms with E-state index in [1.807, 2.05) is 0 Å². The summed E-state index contributed by atoms with van der Waals surface area (Å²) in [6.07, 6.45) is 4.39. The first-order valence-electron chi connectivity index (χ1n) is 6.16. The fraction of sp³-hybridized carbons (Fsp3) is 0.538. The maximum Gasteiger partial charge on any atom is 0.234 e. The summed E-state index contributed by atoms with van der Waals surface area (Å²) in [6, 6.07) is 8.69. The molecule has 0 radical (unpaired) electrons. The summed E-state index contributed by atoms with van der Waals surface area (Å²) >= 11 is -1.79. The molecule has 1 heterocycles. The van der Waals surface area contributed by atoms with Crippen LogP contribution in [0.15, 0.2) is 24.3 Å². The Morgan fingerprint density at radius 3 is 2.59 bits per heavy atom. The number of piperidine rings is 1. The molecule has 1 aromatic rings. The molecule has 92 valence electrons. The quantitative estimate of drug-likeness (QED) is 0.777. The van der Waals surface area contributed by atoms with E-state index >= 15 is 0 Å². The summed E-state index contributed by atoms with van der Waals surface area (Å²) in [5.41, 5.74) is 3.25. The van der Waals surface area contributed by atoms with Crippen LogP contribution in [0.3, 0.4) is 0 Å². The van der Waals surface area contributed by atoms with Gasteiger partial charge in [0.1, 0.15) is 0 Å². The van der Waals surface area contributed by atoms with E-state index < -0.39 is 11.3 Å². The molecule has 1 saturated heterocycles. The van der Waals surface area contributed by atoms with Crippen LogP contribution in [0.4, 0.5) is 0 Å². The Morgan fingerprint density at radius 1 is 1.18 bits per heavy atom. The van der Waals surface area contributed by atoms with Crippen molar-refractivity contribution in [3.05, 3.63) is 35.4 Å². The maximum absolute atomic E-state index is 11.0. The lowest BCUT2D eigenvalue weighted by Gasteiger charge is -2.38. The first kappa shape index (κ1) is 11.4. The highest BCUT2D eigenvalue weighted by atomic mass is 32.2. The lowest BCUT2D eigenvalue weighted by Crippen LogP contribution is -2.42. The number of nitrogens with zero attached hydrogens (tertiary/aromatic N) is 1. The highest BCUT2D eigenvalue weighted by Gasteiger charge is 2.41. The third-order valence-electron chi connectivity index (χ3n) is 4.36. The van der Waals surface area contributed by atoms with Gasteiger partial charge in [0.15, 0.2) is 0 Å². The minimum absolute atomic E-state index is 0.284. The molecule has 1 aliphatic heterocycles. The van der Waals surface area contributed by atoms with Gasteiger partial charge in [0.05, 0.1) is 0 Å². The molecule has 0 aromatic heterocycles. The fourth-order valence-corrected chi connectivity index (χ4v) is 3.85. The van der Waals surface area contributed by atoms with Gasteiger partial charge in [-0.15, -0.1) is 0 Å². The maximum atomic E-state index is 11.0. The van der Waals surface area contributed by atoms with E-state index in [4.69, 9.17) is 4.55 Å². The lowest BCUT2D eigenvalue weighted by molar-refractivity contribution is 0.229. The Bertz CT molecular complexity index is 452. The van der Waals surface area contributed by atoms with E-state index in [0.717, 1.165) is 25.9 Å². The van der Waals surface area contributed by atoms with Gasteiger partial charge < -0.3 is 0 Å². The van der Waals surface area contributed by atoms with Crippen molar-refractivity contribution < 1.29 is 8.76 Å². The van der Waals surface area contributed by atoms with Crippen LogP contribution in [0.1, 0.15) is 30.4 Å². The van der Waals surface area contributed by atoms with E-state index in [2.05, 4.69) is 24.3 Å². The molecule has 1 fully saturated rings. The smallest absolute Gasteiger partial charge is 0.234 e. The average molecular weight is 251 g/mol. The second-order valence-electron chi connectivity index (χ2n) is 5.10. The van der Waals surface area contributed by atoms with Crippen LogP contribution in [0.25, 0.3) is 0 Å². The van der Waals surface area contributed by atoms with Crippen LogP contribution >= 0.6 is 0 Å². The molecule has 1 atom stereocenters. The standard InChI is InChI=1S/C13H17NO2S/c15-17(16)14-9-7-13(8-10-14)6-5-11-3-1-2-4-12(11)13/h1-4H,5-10H2,(H,15,16). The van der Waals surface area contributed by atoms with Crippen LogP contribution in [-0.2, 0) is 23.1 Å². The van der Waals surface area contributed by atoms with Gasteiger partial charge in [0.25, 0.3) is 0 Å². The van der Waals surface area contributed by atoms with Crippen molar-refractivity contribution in [1.82, 2.24) is 4.31 Å². The van der Waals surface area contributed by atoms with Crippen molar-refractivity contribution in [3.8, 4) is 0 Å². The van der Waals surface area contributed by atoms with Crippen molar-refractivity contribution in [2.45, 2.75) is 31.1 Å². The van der Waals surface area contributed by atoms with Crippen molar-refractivity contribution >= 4 is 11.3 Å². The van der Waals surface area contributed by atoms with E-state index in [-0.39, 0.29) is 5.41 Å². The Labute approximate surface area is 104 Å². The molecule has 3 rings (SSSR count). The molecule has 0 amide bonds. The third kappa shape index (κ3) is 1.84. The summed E-state index contributed by atoms with van der Waals surface area (Å²) in [7, 11) is 0. The van der Waals surface area contributed by atoms with Gasteiger partial charge in [0.2, 0.25) is 11.3 Å². The van der Waals surface area contributed by atoms with Crippen molar-refractivity contribution in [2.24, 2.45) is 0 Å². The summed E-state index contributed by atoms with van der Waals surface area (Å²) in [6.45, 7) is 1.47. The molecular weight excluding hydrogens is 234 g/mol. The molecule has 3 nitrogen and oxygen atoms in total. The van der Waals surface area contributed by atoms with Gasteiger partial charge in [-0.25, -0.2) is 8.51 Å². The number of benzene rings is 1. The minimum atomic E-state index is -1.79. The zero-order valence-corrected chi connectivity index (χ0v) is 10.6. The van der Waals surface area contributed by atoms with E-state index in [9.17, 15) is 4.21 Å². The van der Waals surface area contributed by atoms with Gasteiger partial charge in [-0.1, -0.05) is 24.3 Å². The van der Waals surface area contributed by atoms with E-state index in [1.165, 1.54) is 24.0 Å². The first-order valence-corrected chi connectivity index (χ1v) is 7.22. The third-order valence-corrected chi connectivity index (χ3v) is 5.17. The van der Waals surface area contributed by atoms with Gasteiger partial charge in [-0.05, 0) is 42.2 Å². The number of aryl methyl sites for hydroxylation is 1. The molecule has 1 spiro atoms. The average Bonchev–Trinajstić information content (AvgIpc) is 2.70. The SMILES string of the molecule is O=S(O)N1CCC2(CCc3ccccc32)CC1. The monoisotopic (exact) mass is 251 g/mol. The molecule has 1 aliphatic carbocycles. The number of hydrogen-bond acceptors (Lipinski definition) is 1. The zero-order chi connectivity index (χ0) is 11.9. The summed E-state index contributed by atoms with van der Waals surface area (Å²) in [4.78, 5) is 0. The van der Waals surface area contributed by atoms with Crippen molar-refractivity contribution in [1.29, 1.82) is 0 Å². The lowest BCUT2D eigenvalue weighted by atomic mass is 9.74. The molecule has 17 heavy (non-hydrogen) atoms. The number of hydrogen-bond donors (Lipinski definition) is 1. The topological polar surface area (TPSA) is 40.5 Å². The molecule has 1 aromatic carbocycles. The molecule has 1 unspecified atom stereocenters. The molecule has 4 heteroatoms. The predicted molar refractivity (Wildman–Crippen MR) is 68.0 cm³/mol. The second-order valence-corrected chi connectivity index (χ2v) is 6.08. The van der Waals surface area contributed by atoms with Crippen molar-refractivity contribution in [2.75, 3.05) is 13.1 Å². The number of fused-ring (bicyclic) bond motifs is 2. The van der Waals surface area contributed by atoms with Gasteiger partial charge >= 0.3 is 0 Å². The van der Waals surface area contributed by atoms with Crippen LogP contribution in [-0.4, -0.2) is 26.2 Å².